The summed E-state index contributed by atoms with van der Waals surface area (Å²) in [5.41, 5.74) is 5.77. The maximum absolute atomic E-state index is 11.1. The monoisotopic (exact) mass is 186 g/mol. The van der Waals surface area contributed by atoms with Crippen molar-refractivity contribution in [2.75, 3.05) is 0 Å². The van der Waals surface area contributed by atoms with Crippen LogP contribution < -0.4 is 10.3 Å². The molecule has 0 saturated heterocycles. The number of carbonyl (C=O) groups is 1. The Bertz CT molecular complexity index is 506. The Labute approximate surface area is 81.8 Å². The predicted molar refractivity (Wildman–Crippen MR) is 53.4 cm³/mol. The Hall–Kier alpha value is -1.90. The first kappa shape index (κ1) is 8.69. The molecule has 1 heterocycles. The number of hydrogen-bond donors (Lipinski definition) is 1. The quantitative estimate of drug-likeness (QED) is 0.660. The van der Waals surface area contributed by atoms with Crippen LogP contribution in [0.5, 0.6) is 0 Å². The van der Waals surface area contributed by atoms with Crippen LogP contribution >= 0.6 is 0 Å². The zero-order valence-electron chi connectivity index (χ0n) is 7.60. The van der Waals surface area contributed by atoms with E-state index in [4.69, 9.17) is 5.73 Å². The minimum absolute atomic E-state index is 0.431. The van der Waals surface area contributed by atoms with E-state index in [-0.39, 0.29) is 0 Å². The van der Waals surface area contributed by atoms with E-state index in [9.17, 15) is 4.79 Å². The lowest BCUT2D eigenvalue weighted by Crippen LogP contribution is -2.27. The van der Waals surface area contributed by atoms with Gasteiger partial charge in [-0.1, -0.05) is 18.2 Å². The van der Waals surface area contributed by atoms with Crippen LogP contribution in [0.2, 0.25) is 0 Å². The topological polar surface area (TPSA) is 47.0 Å². The van der Waals surface area contributed by atoms with Crippen molar-refractivity contribution < 1.29 is 9.36 Å². The van der Waals surface area contributed by atoms with Gasteiger partial charge in [0.1, 0.15) is 5.56 Å². The largest absolute Gasteiger partial charge is 0.365 e. The second-order valence-corrected chi connectivity index (χ2v) is 3.14. The molecule has 0 aliphatic heterocycles. The molecule has 1 aromatic carbocycles. The molecule has 0 unspecified atom stereocenters. The molecule has 0 saturated carbocycles. The van der Waals surface area contributed by atoms with Crippen LogP contribution in [-0.4, -0.2) is 5.91 Å². The summed E-state index contributed by atoms with van der Waals surface area (Å²) in [7, 11) is 3.72. The number of hydrogen-bond acceptors (Lipinski definition) is 1. The maximum atomic E-state index is 11.1. The number of primary amides is 1. The number of carbonyl (C=O) groups excluding carboxylic acids is 1. The second-order valence-electron chi connectivity index (χ2n) is 3.14. The number of amides is 1. The molecule has 0 fully saturated rings. The van der Waals surface area contributed by atoms with Gasteiger partial charge in [0.05, 0.1) is 0 Å². The van der Waals surface area contributed by atoms with Crippen molar-refractivity contribution in [1.82, 2.24) is 0 Å². The standard InChI is InChI=1S/C11H10N2O/c1-13-6-8-4-2-3-5-9(8)10(7-13)11(12)14/h2-7H,1H2,(H2,12,14)/q+1. The van der Waals surface area contributed by atoms with Gasteiger partial charge < -0.3 is 5.73 Å². The Balaban J connectivity index is 2.87. The molecule has 69 valence electrons. The number of nitrogens with zero attached hydrogens (tertiary/aromatic N) is 1. The number of aromatic nitrogens is 1. The summed E-state index contributed by atoms with van der Waals surface area (Å²) >= 11 is 0. The lowest BCUT2D eigenvalue weighted by Gasteiger charge is -1.99. The molecule has 0 aliphatic carbocycles. The fourth-order valence-electron chi connectivity index (χ4n) is 1.50. The summed E-state index contributed by atoms with van der Waals surface area (Å²) in [5.74, 6) is -0.431. The van der Waals surface area contributed by atoms with Crippen LogP contribution in [0.1, 0.15) is 10.4 Å². The van der Waals surface area contributed by atoms with Crippen molar-refractivity contribution in [3.05, 3.63) is 49.3 Å². The zero-order chi connectivity index (χ0) is 10.1. The van der Waals surface area contributed by atoms with Gasteiger partial charge in [-0.2, -0.15) is 4.57 Å². The van der Waals surface area contributed by atoms with Crippen molar-refractivity contribution in [3.63, 3.8) is 0 Å². The van der Waals surface area contributed by atoms with E-state index < -0.39 is 5.91 Å². The Morgan fingerprint density at radius 1 is 1.29 bits per heavy atom. The molecular formula is C11H10N2O+. The van der Waals surface area contributed by atoms with E-state index in [1.165, 1.54) is 0 Å². The van der Waals surface area contributed by atoms with Gasteiger partial charge in [-0.3, -0.25) is 4.79 Å². The molecule has 2 rings (SSSR count). The number of pyridine rings is 1. The number of benzene rings is 1. The summed E-state index contributed by atoms with van der Waals surface area (Å²) in [4.78, 5) is 11.1. The minimum atomic E-state index is -0.431. The van der Waals surface area contributed by atoms with Crippen LogP contribution in [0.15, 0.2) is 36.7 Å². The molecule has 2 aromatic rings. The van der Waals surface area contributed by atoms with Crippen molar-refractivity contribution in [2.24, 2.45) is 5.73 Å². The van der Waals surface area contributed by atoms with Gasteiger partial charge in [-0.15, -0.1) is 0 Å². The molecule has 1 amide bonds. The van der Waals surface area contributed by atoms with Gasteiger partial charge in [0.2, 0.25) is 7.05 Å². The fourth-order valence-corrected chi connectivity index (χ4v) is 1.50. The van der Waals surface area contributed by atoms with Gasteiger partial charge in [0.25, 0.3) is 5.91 Å². The lowest BCUT2D eigenvalue weighted by atomic mass is 10.1. The third-order valence-corrected chi connectivity index (χ3v) is 2.12. The van der Waals surface area contributed by atoms with Crippen LogP contribution in [0.4, 0.5) is 0 Å². The third-order valence-electron chi connectivity index (χ3n) is 2.12. The summed E-state index contributed by atoms with van der Waals surface area (Å²) in [6, 6.07) is 7.58. The maximum Gasteiger partial charge on any atom is 0.255 e. The smallest absolute Gasteiger partial charge is 0.255 e. The summed E-state index contributed by atoms with van der Waals surface area (Å²) < 4.78 is 1.59. The highest BCUT2D eigenvalue weighted by molar-refractivity contribution is 6.05. The first-order valence-corrected chi connectivity index (χ1v) is 4.23. The van der Waals surface area contributed by atoms with Gasteiger partial charge in [0, 0.05) is 10.8 Å². The van der Waals surface area contributed by atoms with E-state index in [1.807, 2.05) is 30.5 Å². The third kappa shape index (κ3) is 1.33. The minimum Gasteiger partial charge on any atom is -0.365 e. The van der Waals surface area contributed by atoms with Crippen molar-refractivity contribution >= 4 is 16.7 Å². The molecule has 0 aliphatic rings. The van der Waals surface area contributed by atoms with Gasteiger partial charge in [-0.25, -0.2) is 0 Å². The molecule has 3 nitrogen and oxygen atoms in total. The zero-order valence-corrected chi connectivity index (χ0v) is 7.60. The number of fused-ring (bicyclic) bond motifs is 1. The Morgan fingerprint density at radius 3 is 2.71 bits per heavy atom. The molecule has 0 spiro atoms. The molecule has 2 N–H and O–H groups in total. The molecule has 0 atom stereocenters. The molecular weight excluding hydrogens is 176 g/mol. The summed E-state index contributed by atoms with van der Waals surface area (Å²) in [5, 5.41) is 1.82. The predicted octanol–water partition coefficient (Wildman–Crippen LogP) is 0.866. The first-order chi connectivity index (χ1) is 6.68. The molecule has 3 heteroatoms. The van der Waals surface area contributed by atoms with E-state index in [0.717, 1.165) is 10.8 Å². The fraction of sp³-hybridized carbons (Fsp3) is 0. The Kier molecular flexibility index (Phi) is 1.93. The van der Waals surface area contributed by atoms with Crippen molar-refractivity contribution in [1.29, 1.82) is 0 Å². The highest BCUT2D eigenvalue weighted by atomic mass is 16.1. The SMILES string of the molecule is [CH2][n+]1cc(C(N)=O)c2ccccc2c1. The van der Waals surface area contributed by atoms with Crippen LogP contribution in [0.3, 0.4) is 0 Å². The molecule has 1 radical (unpaired) electrons. The van der Waals surface area contributed by atoms with Crippen LogP contribution in [-0.2, 0) is 0 Å². The van der Waals surface area contributed by atoms with E-state index in [2.05, 4.69) is 7.05 Å². The average molecular weight is 186 g/mol. The molecule has 0 bridgehead atoms. The van der Waals surface area contributed by atoms with Crippen molar-refractivity contribution in [3.8, 4) is 0 Å². The molecule has 1 aromatic heterocycles. The normalized spacial score (nSPS) is 10.4. The molecule has 14 heavy (non-hydrogen) atoms. The van der Waals surface area contributed by atoms with E-state index >= 15 is 0 Å². The Morgan fingerprint density at radius 2 is 2.00 bits per heavy atom. The van der Waals surface area contributed by atoms with Gasteiger partial charge in [0.15, 0.2) is 12.4 Å². The second kappa shape index (κ2) is 3.10. The summed E-state index contributed by atoms with van der Waals surface area (Å²) in [6.45, 7) is 0. The van der Waals surface area contributed by atoms with Crippen LogP contribution in [0.25, 0.3) is 10.8 Å². The number of rotatable bonds is 1. The number of nitrogens with two attached hydrogens (primary N) is 1. The van der Waals surface area contributed by atoms with Crippen LogP contribution in [0, 0.1) is 7.05 Å². The summed E-state index contributed by atoms with van der Waals surface area (Å²) in [6.07, 6.45) is 3.48. The van der Waals surface area contributed by atoms with E-state index in [0.29, 0.717) is 5.56 Å². The van der Waals surface area contributed by atoms with E-state index in [1.54, 1.807) is 10.8 Å². The highest BCUT2D eigenvalue weighted by Gasteiger charge is 2.11. The van der Waals surface area contributed by atoms with Gasteiger partial charge >= 0.3 is 0 Å². The van der Waals surface area contributed by atoms with Crippen molar-refractivity contribution in [2.45, 2.75) is 0 Å². The average Bonchev–Trinajstić information content (AvgIpc) is 2.16. The highest BCUT2D eigenvalue weighted by Crippen LogP contribution is 2.15. The first-order valence-electron chi connectivity index (χ1n) is 4.23. The van der Waals surface area contributed by atoms with Gasteiger partial charge in [-0.05, 0) is 6.07 Å². The lowest BCUT2D eigenvalue weighted by molar-refractivity contribution is -0.610.